The van der Waals surface area contributed by atoms with E-state index in [-0.39, 0.29) is 0 Å². The topological polar surface area (TPSA) is 42.1 Å². The van der Waals surface area contributed by atoms with Gasteiger partial charge >= 0.3 is 0 Å². The first-order valence-electron chi connectivity index (χ1n) is 13.1. The van der Waals surface area contributed by atoms with Crippen molar-refractivity contribution in [3.05, 3.63) is 35.2 Å². The molecule has 2 atom stereocenters. The Morgan fingerprint density at radius 2 is 1.19 bits per heavy atom. The minimum absolute atomic E-state index is 0.725. The van der Waals surface area contributed by atoms with Crippen LogP contribution in [0, 0.1) is 13.8 Å². The van der Waals surface area contributed by atoms with Gasteiger partial charge in [0.15, 0.2) is 11.6 Å². The highest BCUT2D eigenvalue weighted by molar-refractivity contribution is 5.16. The second-order valence-electron chi connectivity index (χ2n) is 10.2. The van der Waals surface area contributed by atoms with Crippen LogP contribution < -0.4 is 0 Å². The number of aromatic nitrogens is 4. The standard InChI is InChI=1S/C26H44N6/c1-21-11-5-7-17-29(21)19-9-13-25-27-28-26(32(25)31-23(3)15-16-24(31)4)14-10-20-30-18-8-6-12-22(30)2/h15-16,21-22H,5-14,17-20H2,1-4H3. The monoisotopic (exact) mass is 440 g/mol. The number of aryl methyl sites for hydroxylation is 4. The second-order valence-corrected chi connectivity index (χ2v) is 10.2. The van der Waals surface area contributed by atoms with Crippen LogP contribution >= 0.6 is 0 Å². The van der Waals surface area contributed by atoms with Gasteiger partial charge in [0.1, 0.15) is 0 Å². The van der Waals surface area contributed by atoms with Gasteiger partial charge in [-0.25, -0.2) is 4.68 Å². The smallest absolute Gasteiger partial charge is 0.153 e. The lowest BCUT2D eigenvalue weighted by atomic mass is 10.0. The Morgan fingerprint density at radius 1 is 0.719 bits per heavy atom. The molecule has 0 aromatic carbocycles. The molecule has 0 radical (unpaired) electrons. The first-order chi connectivity index (χ1) is 15.5. The molecule has 0 N–H and O–H groups in total. The van der Waals surface area contributed by atoms with Gasteiger partial charge in [0.25, 0.3) is 0 Å². The molecule has 2 aliphatic rings. The van der Waals surface area contributed by atoms with Crippen LogP contribution in [0.25, 0.3) is 0 Å². The Bertz CT molecular complexity index is 788. The van der Waals surface area contributed by atoms with Crippen molar-refractivity contribution in [3.63, 3.8) is 0 Å². The summed E-state index contributed by atoms with van der Waals surface area (Å²) in [5, 5.41) is 9.39. The van der Waals surface area contributed by atoms with Crippen LogP contribution in [0.2, 0.25) is 0 Å². The zero-order valence-corrected chi connectivity index (χ0v) is 20.9. The molecule has 4 heterocycles. The van der Waals surface area contributed by atoms with Crippen LogP contribution in [-0.2, 0) is 12.8 Å². The molecule has 6 heteroatoms. The fourth-order valence-electron chi connectivity index (χ4n) is 5.73. The lowest BCUT2D eigenvalue weighted by molar-refractivity contribution is 0.158. The minimum atomic E-state index is 0.725. The van der Waals surface area contributed by atoms with E-state index in [0.717, 1.165) is 49.4 Å². The third-order valence-corrected chi connectivity index (χ3v) is 7.78. The summed E-state index contributed by atoms with van der Waals surface area (Å²) in [5.74, 6) is 2.22. The first kappa shape index (κ1) is 23.5. The summed E-state index contributed by atoms with van der Waals surface area (Å²) in [6.07, 6.45) is 12.4. The first-order valence-corrected chi connectivity index (χ1v) is 13.1. The molecule has 2 fully saturated rings. The summed E-state index contributed by atoms with van der Waals surface area (Å²) in [5.41, 5.74) is 2.50. The van der Waals surface area contributed by atoms with Crippen molar-refractivity contribution in [1.29, 1.82) is 0 Å². The van der Waals surface area contributed by atoms with Crippen molar-refractivity contribution >= 4 is 0 Å². The summed E-state index contributed by atoms with van der Waals surface area (Å²) in [6.45, 7) is 14.0. The molecule has 0 bridgehead atoms. The summed E-state index contributed by atoms with van der Waals surface area (Å²) in [6, 6.07) is 5.85. The normalized spacial score (nSPS) is 23.1. The Balaban J connectivity index is 1.44. The third kappa shape index (κ3) is 5.45. The number of hydrogen-bond donors (Lipinski definition) is 0. The lowest BCUT2D eigenvalue weighted by Gasteiger charge is -2.33. The fraction of sp³-hybridized carbons (Fsp3) is 0.769. The van der Waals surface area contributed by atoms with E-state index < -0.39 is 0 Å². The average molecular weight is 441 g/mol. The highest BCUT2D eigenvalue weighted by Gasteiger charge is 2.21. The molecule has 2 aliphatic heterocycles. The van der Waals surface area contributed by atoms with E-state index in [0.29, 0.717) is 0 Å². The van der Waals surface area contributed by atoms with Crippen molar-refractivity contribution in [2.24, 2.45) is 0 Å². The van der Waals surface area contributed by atoms with Crippen LogP contribution in [0.4, 0.5) is 0 Å². The predicted molar refractivity (Wildman–Crippen MR) is 131 cm³/mol. The third-order valence-electron chi connectivity index (χ3n) is 7.78. The highest BCUT2D eigenvalue weighted by Crippen LogP contribution is 2.20. The van der Waals surface area contributed by atoms with Gasteiger partial charge in [-0.3, -0.25) is 4.68 Å². The molecule has 6 nitrogen and oxygen atoms in total. The molecule has 0 aliphatic carbocycles. The Morgan fingerprint density at radius 3 is 1.62 bits per heavy atom. The molecule has 2 aromatic rings. The molecule has 0 saturated carbocycles. The van der Waals surface area contributed by atoms with Gasteiger partial charge in [0.05, 0.1) is 0 Å². The molecule has 178 valence electrons. The SMILES string of the molecule is Cc1ccc(C)n1-n1c(CCCN2CCCCC2C)nnc1CCCN1CCCCC1C. The van der Waals surface area contributed by atoms with Crippen LogP contribution in [0.15, 0.2) is 12.1 Å². The van der Waals surface area contributed by atoms with Crippen molar-refractivity contribution in [2.75, 3.05) is 26.2 Å². The van der Waals surface area contributed by atoms with Crippen molar-refractivity contribution in [3.8, 4) is 0 Å². The van der Waals surface area contributed by atoms with Crippen LogP contribution in [0.3, 0.4) is 0 Å². The molecular weight excluding hydrogens is 396 g/mol. The summed E-state index contributed by atoms with van der Waals surface area (Å²) in [4.78, 5) is 5.33. The van der Waals surface area contributed by atoms with Crippen molar-refractivity contribution < 1.29 is 0 Å². The molecular formula is C26H44N6. The maximum atomic E-state index is 4.70. The summed E-state index contributed by atoms with van der Waals surface area (Å²) >= 11 is 0. The lowest BCUT2D eigenvalue weighted by Crippen LogP contribution is -2.38. The number of likely N-dealkylation sites (tertiary alicyclic amines) is 2. The minimum Gasteiger partial charge on any atom is -0.301 e. The van der Waals surface area contributed by atoms with E-state index in [9.17, 15) is 0 Å². The van der Waals surface area contributed by atoms with Crippen LogP contribution in [0.5, 0.6) is 0 Å². The van der Waals surface area contributed by atoms with E-state index in [1.807, 2.05) is 0 Å². The molecule has 2 unspecified atom stereocenters. The van der Waals surface area contributed by atoms with E-state index in [2.05, 4.69) is 59.0 Å². The zero-order valence-electron chi connectivity index (χ0n) is 20.9. The Hall–Kier alpha value is -1.66. The Kier molecular flexibility index (Phi) is 8.06. The van der Waals surface area contributed by atoms with E-state index in [1.165, 1.54) is 76.1 Å². The van der Waals surface area contributed by atoms with Gasteiger partial charge in [-0.05, 0) is 105 Å². The van der Waals surface area contributed by atoms with E-state index in [4.69, 9.17) is 10.2 Å². The van der Waals surface area contributed by atoms with Gasteiger partial charge in [0, 0.05) is 36.3 Å². The summed E-state index contributed by atoms with van der Waals surface area (Å²) in [7, 11) is 0. The number of hydrogen-bond acceptors (Lipinski definition) is 4. The van der Waals surface area contributed by atoms with Crippen LogP contribution in [-0.4, -0.2) is 67.6 Å². The maximum absolute atomic E-state index is 4.70. The van der Waals surface area contributed by atoms with Crippen molar-refractivity contribution in [2.45, 2.75) is 104 Å². The average Bonchev–Trinajstić information content (AvgIpc) is 3.32. The maximum Gasteiger partial charge on any atom is 0.153 e. The molecule has 0 amide bonds. The summed E-state index contributed by atoms with van der Waals surface area (Å²) < 4.78 is 4.64. The molecule has 2 aromatic heterocycles. The van der Waals surface area contributed by atoms with Gasteiger partial charge < -0.3 is 9.80 Å². The van der Waals surface area contributed by atoms with Gasteiger partial charge in [-0.2, -0.15) is 0 Å². The van der Waals surface area contributed by atoms with Gasteiger partial charge in [-0.1, -0.05) is 12.8 Å². The highest BCUT2D eigenvalue weighted by atomic mass is 15.5. The molecule has 32 heavy (non-hydrogen) atoms. The number of nitrogens with zero attached hydrogens (tertiary/aromatic N) is 6. The fourth-order valence-corrected chi connectivity index (χ4v) is 5.73. The molecule has 0 spiro atoms. The molecule has 4 rings (SSSR count). The Labute approximate surface area is 195 Å². The zero-order chi connectivity index (χ0) is 22.5. The number of piperidine rings is 2. The van der Waals surface area contributed by atoms with Gasteiger partial charge in [-0.15, -0.1) is 10.2 Å². The number of rotatable bonds is 9. The van der Waals surface area contributed by atoms with Crippen molar-refractivity contribution in [1.82, 2.24) is 29.3 Å². The molecule has 2 saturated heterocycles. The van der Waals surface area contributed by atoms with Gasteiger partial charge in [0.2, 0.25) is 0 Å². The van der Waals surface area contributed by atoms with E-state index in [1.54, 1.807) is 0 Å². The quantitative estimate of drug-likeness (QED) is 0.570. The van der Waals surface area contributed by atoms with Crippen LogP contribution in [0.1, 0.15) is 88.3 Å². The predicted octanol–water partition coefficient (Wildman–Crippen LogP) is 4.62. The second kappa shape index (κ2) is 11.0. The largest absolute Gasteiger partial charge is 0.301 e. The van der Waals surface area contributed by atoms with E-state index >= 15 is 0 Å².